The summed E-state index contributed by atoms with van der Waals surface area (Å²) < 4.78 is 7.74. The largest absolute Gasteiger partial charge is 0.368 e. The number of rotatable bonds is 4. The number of nitrogens with zero attached hydrogens (tertiary/aromatic N) is 4. The number of carbonyl (C=O) groups excluding carboxylic acids is 1. The Morgan fingerprint density at radius 2 is 2.00 bits per heavy atom. The molecule has 1 aromatic carbocycles. The van der Waals surface area contributed by atoms with Gasteiger partial charge in [-0.25, -0.2) is 4.52 Å². The van der Waals surface area contributed by atoms with Crippen molar-refractivity contribution in [3.05, 3.63) is 76.7 Å². The van der Waals surface area contributed by atoms with Crippen molar-refractivity contribution in [3.8, 4) is 11.1 Å². The predicted octanol–water partition coefficient (Wildman–Crippen LogP) is 3.60. The highest BCUT2D eigenvalue weighted by atomic mass is 32.1. The number of hydrogen-bond acceptors (Lipinski definition) is 5. The zero-order valence-electron chi connectivity index (χ0n) is 15.8. The first kappa shape index (κ1) is 18.0. The van der Waals surface area contributed by atoms with Crippen LogP contribution < -0.4 is 0 Å². The average molecular weight is 404 g/mol. The van der Waals surface area contributed by atoms with Gasteiger partial charge in [0.15, 0.2) is 0 Å². The molecule has 7 heteroatoms. The molecule has 1 saturated heterocycles. The first-order valence-corrected chi connectivity index (χ1v) is 10.5. The lowest BCUT2D eigenvalue weighted by molar-refractivity contribution is -0.138. The first-order chi connectivity index (χ1) is 14.3. The number of morpholine rings is 1. The summed E-state index contributed by atoms with van der Waals surface area (Å²) in [5, 5.41) is 10.7. The molecular formula is C22H20N4O2S. The molecule has 1 fully saturated rings. The minimum Gasteiger partial charge on any atom is -0.368 e. The molecule has 0 radical (unpaired) electrons. The second-order valence-corrected chi connectivity index (χ2v) is 8.08. The lowest BCUT2D eigenvalue weighted by Gasteiger charge is -2.32. The van der Waals surface area contributed by atoms with Gasteiger partial charge >= 0.3 is 0 Å². The lowest BCUT2D eigenvalue weighted by Crippen LogP contribution is -2.43. The summed E-state index contributed by atoms with van der Waals surface area (Å²) in [5.74, 6) is 0.128. The highest BCUT2D eigenvalue weighted by Crippen LogP contribution is 2.27. The van der Waals surface area contributed by atoms with Crippen molar-refractivity contribution in [2.45, 2.75) is 12.5 Å². The second kappa shape index (κ2) is 7.77. The molecule has 29 heavy (non-hydrogen) atoms. The minimum atomic E-state index is -0.267. The van der Waals surface area contributed by atoms with Crippen LogP contribution in [0.15, 0.2) is 66.2 Å². The molecule has 146 valence electrons. The molecule has 4 heterocycles. The minimum absolute atomic E-state index is 0.128. The van der Waals surface area contributed by atoms with Crippen LogP contribution in [-0.2, 0) is 16.0 Å². The number of thiophene rings is 1. The summed E-state index contributed by atoms with van der Waals surface area (Å²) in [6.45, 7) is 1.61. The van der Waals surface area contributed by atoms with E-state index < -0.39 is 0 Å². The van der Waals surface area contributed by atoms with E-state index in [2.05, 4.69) is 28.5 Å². The van der Waals surface area contributed by atoms with Crippen LogP contribution in [-0.4, -0.2) is 45.3 Å². The molecule has 1 atom stereocenters. The highest BCUT2D eigenvalue weighted by molar-refractivity contribution is 7.10. The van der Waals surface area contributed by atoms with Crippen LogP contribution in [0.4, 0.5) is 0 Å². The molecular weight excluding hydrogens is 384 g/mol. The zero-order valence-corrected chi connectivity index (χ0v) is 16.6. The molecule has 0 N–H and O–H groups in total. The van der Waals surface area contributed by atoms with Crippen molar-refractivity contribution < 1.29 is 9.53 Å². The van der Waals surface area contributed by atoms with Crippen LogP contribution in [0.25, 0.3) is 16.6 Å². The summed E-state index contributed by atoms with van der Waals surface area (Å²) in [5.41, 5.74) is 3.89. The van der Waals surface area contributed by atoms with E-state index in [1.165, 1.54) is 0 Å². The third-order valence-electron chi connectivity index (χ3n) is 5.18. The number of carbonyl (C=O) groups is 1. The van der Waals surface area contributed by atoms with Crippen molar-refractivity contribution >= 4 is 22.8 Å². The van der Waals surface area contributed by atoms with Crippen LogP contribution in [0.1, 0.15) is 16.7 Å². The Morgan fingerprint density at radius 1 is 1.10 bits per heavy atom. The third-order valence-corrected chi connectivity index (χ3v) is 6.05. The first-order valence-electron chi connectivity index (χ1n) is 9.60. The van der Waals surface area contributed by atoms with Gasteiger partial charge < -0.3 is 9.64 Å². The number of benzene rings is 1. The van der Waals surface area contributed by atoms with Gasteiger partial charge in [0, 0.05) is 23.2 Å². The predicted molar refractivity (Wildman–Crippen MR) is 112 cm³/mol. The zero-order chi connectivity index (χ0) is 19.6. The van der Waals surface area contributed by atoms with E-state index in [0.717, 1.165) is 27.2 Å². The van der Waals surface area contributed by atoms with Crippen LogP contribution in [0.5, 0.6) is 0 Å². The summed E-state index contributed by atoms with van der Waals surface area (Å²) in [6, 6.07) is 18.2. The van der Waals surface area contributed by atoms with Crippen molar-refractivity contribution in [1.29, 1.82) is 0 Å². The van der Waals surface area contributed by atoms with Gasteiger partial charge in [0.05, 0.1) is 25.1 Å². The monoisotopic (exact) mass is 404 g/mol. The lowest BCUT2D eigenvalue weighted by atomic mass is 10.1. The van der Waals surface area contributed by atoms with Crippen LogP contribution >= 0.6 is 11.3 Å². The van der Waals surface area contributed by atoms with Crippen LogP contribution in [0.2, 0.25) is 0 Å². The Bertz CT molecular complexity index is 1120. The Balaban J connectivity index is 1.36. The fraction of sp³-hybridized carbons (Fsp3) is 0.227. The smallest absolute Gasteiger partial charge is 0.228 e. The van der Waals surface area contributed by atoms with E-state index in [4.69, 9.17) is 4.74 Å². The molecule has 0 unspecified atom stereocenters. The standard InChI is InChI=1S/C22H20N4O2S/c27-21(13-18-7-4-12-29-18)25-10-11-28-20(15-25)22-19-9-8-17(14-26(19)24-23-22)16-5-2-1-3-6-16/h1-9,12,14,20H,10-11,13,15H2/t20-/m1/s1. The molecule has 0 saturated carbocycles. The summed E-state index contributed by atoms with van der Waals surface area (Å²) >= 11 is 1.61. The van der Waals surface area contributed by atoms with Gasteiger partial charge in [0.2, 0.25) is 5.91 Å². The maximum Gasteiger partial charge on any atom is 0.228 e. The highest BCUT2D eigenvalue weighted by Gasteiger charge is 2.28. The fourth-order valence-electron chi connectivity index (χ4n) is 3.66. The number of ether oxygens (including phenoxy) is 1. The molecule has 1 amide bonds. The number of fused-ring (bicyclic) bond motifs is 1. The van der Waals surface area contributed by atoms with Crippen molar-refractivity contribution in [1.82, 2.24) is 19.7 Å². The van der Waals surface area contributed by atoms with Crippen molar-refractivity contribution in [2.75, 3.05) is 19.7 Å². The molecule has 1 aliphatic rings. The van der Waals surface area contributed by atoms with E-state index in [1.807, 2.05) is 52.9 Å². The molecule has 0 bridgehead atoms. The summed E-state index contributed by atoms with van der Waals surface area (Å²) in [4.78, 5) is 15.6. The molecule has 5 rings (SSSR count). The third kappa shape index (κ3) is 3.66. The van der Waals surface area contributed by atoms with Gasteiger partial charge in [-0.2, -0.15) is 0 Å². The number of aromatic nitrogens is 3. The molecule has 1 aliphatic heterocycles. The molecule has 0 spiro atoms. The van der Waals surface area contributed by atoms with Crippen LogP contribution in [0, 0.1) is 0 Å². The van der Waals surface area contributed by atoms with Gasteiger partial charge in [-0.05, 0) is 23.1 Å². The summed E-state index contributed by atoms with van der Waals surface area (Å²) in [7, 11) is 0. The molecule has 3 aromatic heterocycles. The number of pyridine rings is 1. The Morgan fingerprint density at radius 3 is 2.83 bits per heavy atom. The molecule has 4 aromatic rings. The summed E-state index contributed by atoms with van der Waals surface area (Å²) in [6.07, 6.45) is 2.15. The van der Waals surface area contributed by atoms with E-state index in [-0.39, 0.29) is 12.0 Å². The Kier molecular flexibility index (Phi) is 4.83. The maximum atomic E-state index is 12.7. The molecule has 0 aliphatic carbocycles. The maximum absolute atomic E-state index is 12.7. The van der Waals surface area contributed by atoms with E-state index >= 15 is 0 Å². The van der Waals surface area contributed by atoms with Gasteiger partial charge in [-0.3, -0.25) is 4.79 Å². The normalized spacial score (nSPS) is 17.0. The van der Waals surface area contributed by atoms with Gasteiger partial charge in [-0.1, -0.05) is 47.7 Å². The molecule has 6 nitrogen and oxygen atoms in total. The van der Waals surface area contributed by atoms with Gasteiger partial charge in [0.1, 0.15) is 11.8 Å². The Labute approximate surface area is 172 Å². The number of hydrogen-bond donors (Lipinski definition) is 0. The topological polar surface area (TPSA) is 59.7 Å². The van der Waals surface area contributed by atoms with Crippen molar-refractivity contribution in [3.63, 3.8) is 0 Å². The quantitative estimate of drug-likeness (QED) is 0.521. The van der Waals surface area contributed by atoms with E-state index in [0.29, 0.717) is 26.1 Å². The van der Waals surface area contributed by atoms with E-state index in [1.54, 1.807) is 15.9 Å². The van der Waals surface area contributed by atoms with Gasteiger partial charge in [-0.15, -0.1) is 16.4 Å². The van der Waals surface area contributed by atoms with Crippen molar-refractivity contribution in [2.24, 2.45) is 0 Å². The van der Waals surface area contributed by atoms with E-state index in [9.17, 15) is 4.79 Å². The second-order valence-electron chi connectivity index (χ2n) is 7.04. The fourth-order valence-corrected chi connectivity index (χ4v) is 4.36. The van der Waals surface area contributed by atoms with Crippen LogP contribution in [0.3, 0.4) is 0 Å². The average Bonchev–Trinajstić information content (AvgIpc) is 3.43. The SMILES string of the molecule is O=C(Cc1cccs1)N1CCO[C@@H](c2nnn3cc(-c4ccccc4)ccc23)C1. The number of amides is 1. The van der Waals surface area contributed by atoms with Gasteiger partial charge in [0.25, 0.3) is 0 Å². The Hall–Kier alpha value is -3.03.